The minimum absolute atomic E-state index is 0.0955. The summed E-state index contributed by atoms with van der Waals surface area (Å²) >= 11 is 3.25. The molecule has 1 fully saturated rings. The fourth-order valence-corrected chi connectivity index (χ4v) is 2.86. The molecule has 20 heavy (non-hydrogen) atoms. The molecule has 3 nitrogen and oxygen atoms in total. The first kappa shape index (κ1) is 15.4. The molecule has 5 heteroatoms. The largest absolute Gasteiger partial charge is 0.352 e. The third kappa shape index (κ3) is 3.79. The second-order valence-corrected chi connectivity index (χ2v) is 6.49. The molecule has 110 valence electrons. The Balaban J connectivity index is 1.88. The zero-order valence-corrected chi connectivity index (χ0v) is 13.4. The standard InChI is InChI=1S/C15H20BrFN2O/c1-10(2)19-6-5-11(9-19)8-18-15(20)13-7-12(16)3-4-14(13)17/h3-4,7,10-11H,5-6,8-9H2,1-2H3,(H,18,20). The number of carbonyl (C=O) groups excluding carboxylic acids is 1. The first-order chi connectivity index (χ1) is 9.47. The highest BCUT2D eigenvalue weighted by molar-refractivity contribution is 9.10. The van der Waals surface area contributed by atoms with Gasteiger partial charge in [-0.3, -0.25) is 4.79 Å². The van der Waals surface area contributed by atoms with E-state index in [1.165, 1.54) is 12.1 Å². The summed E-state index contributed by atoms with van der Waals surface area (Å²) in [6.45, 7) is 7.03. The van der Waals surface area contributed by atoms with Gasteiger partial charge in [-0.25, -0.2) is 4.39 Å². The van der Waals surface area contributed by atoms with Crippen LogP contribution in [0.25, 0.3) is 0 Å². The molecule has 1 unspecified atom stereocenters. The highest BCUT2D eigenvalue weighted by Gasteiger charge is 2.24. The van der Waals surface area contributed by atoms with Crippen LogP contribution < -0.4 is 5.32 Å². The smallest absolute Gasteiger partial charge is 0.254 e. The molecule has 2 rings (SSSR count). The summed E-state index contributed by atoms with van der Waals surface area (Å²) < 4.78 is 14.3. The van der Waals surface area contributed by atoms with Crippen molar-refractivity contribution < 1.29 is 9.18 Å². The monoisotopic (exact) mass is 342 g/mol. The van der Waals surface area contributed by atoms with Crippen molar-refractivity contribution in [2.24, 2.45) is 5.92 Å². The van der Waals surface area contributed by atoms with Crippen LogP contribution in [0.3, 0.4) is 0 Å². The van der Waals surface area contributed by atoms with Crippen molar-refractivity contribution in [3.8, 4) is 0 Å². The molecule has 0 bridgehead atoms. The third-order valence-corrected chi connectivity index (χ3v) is 4.27. The highest BCUT2D eigenvalue weighted by atomic mass is 79.9. The fourth-order valence-electron chi connectivity index (χ4n) is 2.50. The van der Waals surface area contributed by atoms with Crippen molar-refractivity contribution in [2.75, 3.05) is 19.6 Å². The molecule has 1 aromatic rings. The van der Waals surface area contributed by atoms with E-state index in [4.69, 9.17) is 0 Å². The predicted octanol–water partition coefficient (Wildman–Crippen LogP) is 3.05. The number of hydrogen-bond acceptors (Lipinski definition) is 2. The first-order valence-corrected chi connectivity index (χ1v) is 7.74. The summed E-state index contributed by atoms with van der Waals surface area (Å²) in [5.41, 5.74) is 0.0955. The number of rotatable bonds is 4. The SMILES string of the molecule is CC(C)N1CCC(CNC(=O)c2cc(Br)ccc2F)C1. The number of halogens is 2. The molecule has 0 radical (unpaired) electrons. The van der Waals surface area contributed by atoms with Gasteiger partial charge in [-0.2, -0.15) is 0 Å². The van der Waals surface area contributed by atoms with Gasteiger partial charge in [-0.05, 0) is 50.9 Å². The van der Waals surface area contributed by atoms with Gasteiger partial charge in [0.2, 0.25) is 0 Å². The number of carbonyl (C=O) groups is 1. The Morgan fingerprint density at radius 2 is 2.30 bits per heavy atom. The lowest BCUT2D eigenvalue weighted by molar-refractivity contribution is 0.0943. The maximum Gasteiger partial charge on any atom is 0.254 e. The van der Waals surface area contributed by atoms with Crippen molar-refractivity contribution in [1.82, 2.24) is 10.2 Å². The zero-order chi connectivity index (χ0) is 14.7. The molecule has 1 aromatic carbocycles. The zero-order valence-electron chi connectivity index (χ0n) is 11.8. The van der Waals surface area contributed by atoms with E-state index in [9.17, 15) is 9.18 Å². The predicted molar refractivity (Wildman–Crippen MR) is 81.2 cm³/mol. The van der Waals surface area contributed by atoms with Gasteiger partial charge in [0.05, 0.1) is 5.56 Å². The maximum atomic E-state index is 13.6. The molecule has 1 amide bonds. The summed E-state index contributed by atoms with van der Waals surface area (Å²) in [5, 5.41) is 2.84. The second kappa shape index (κ2) is 6.68. The Kier molecular flexibility index (Phi) is 5.16. The molecule has 0 aliphatic carbocycles. The van der Waals surface area contributed by atoms with E-state index in [0.717, 1.165) is 19.5 Å². The Morgan fingerprint density at radius 1 is 1.55 bits per heavy atom. The topological polar surface area (TPSA) is 32.3 Å². The van der Waals surface area contributed by atoms with E-state index in [2.05, 4.69) is 40.0 Å². The van der Waals surface area contributed by atoms with Crippen LogP contribution >= 0.6 is 15.9 Å². The fraction of sp³-hybridized carbons (Fsp3) is 0.533. The van der Waals surface area contributed by atoms with Gasteiger partial charge in [0.25, 0.3) is 5.91 Å². The van der Waals surface area contributed by atoms with Gasteiger partial charge in [0.1, 0.15) is 5.82 Å². The van der Waals surface area contributed by atoms with Crippen molar-refractivity contribution in [3.63, 3.8) is 0 Å². The number of hydrogen-bond donors (Lipinski definition) is 1. The Hall–Kier alpha value is -0.940. The Labute approximate surface area is 127 Å². The summed E-state index contributed by atoms with van der Waals surface area (Å²) in [5.74, 6) is -0.371. The molecule has 1 aliphatic rings. The number of benzene rings is 1. The average Bonchev–Trinajstić information content (AvgIpc) is 2.88. The van der Waals surface area contributed by atoms with Crippen molar-refractivity contribution in [2.45, 2.75) is 26.3 Å². The Morgan fingerprint density at radius 3 is 2.95 bits per heavy atom. The van der Waals surface area contributed by atoms with E-state index >= 15 is 0 Å². The van der Waals surface area contributed by atoms with Crippen LogP contribution in [0.5, 0.6) is 0 Å². The molecule has 1 saturated heterocycles. The summed E-state index contributed by atoms with van der Waals surface area (Å²) in [6, 6.07) is 4.94. The van der Waals surface area contributed by atoms with Crippen LogP contribution in [-0.2, 0) is 0 Å². The maximum absolute atomic E-state index is 13.6. The van der Waals surface area contributed by atoms with Crippen LogP contribution in [0.1, 0.15) is 30.6 Å². The van der Waals surface area contributed by atoms with Crippen molar-refractivity contribution in [3.05, 3.63) is 34.1 Å². The van der Waals surface area contributed by atoms with E-state index in [1.807, 2.05) is 0 Å². The molecule has 1 aliphatic heterocycles. The molecular weight excluding hydrogens is 323 g/mol. The quantitative estimate of drug-likeness (QED) is 0.911. The van der Waals surface area contributed by atoms with Crippen LogP contribution in [-0.4, -0.2) is 36.5 Å². The molecule has 0 saturated carbocycles. The number of amides is 1. The third-order valence-electron chi connectivity index (χ3n) is 3.77. The summed E-state index contributed by atoms with van der Waals surface area (Å²) in [6.07, 6.45) is 1.08. The van der Waals surface area contributed by atoms with Crippen molar-refractivity contribution in [1.29, 1.82) is 0 Å². The lowest BCUT2D eigenvalue weighted by Gasteiger charge is -2.20. The van der Waals surface area contributed by atoms with E-state index in [0.29, 0.717) is 23.0 Å². The van der Waals surface area contributed by atoms with Gasteiger partial charge in [0.15, 0.2) is 0 Å². The van der Waals surface area contributed by atoms with E-state index in [-0.39, 0.29) is 11.5 Å². The molecular formula is C15H20BrFN2O. The highest BCUT2D eigenvalue weighted by Crippen LogP contribution is 2.19. The van der Waals surface area contributed by atoms with Gasteiger partial charge in [-0.15, -0.1) is 0 Å². The van der Waals surface area contributed by atoms with Crippen LogP contribution in [0.4, 0.5) is 4.39 Å². The van der Waals surface area contributed by atoms with Gasteiger partial charge in [0, 0.05) is 23.6 Å². The number of nitrogens with zero attached hydrogens (tertiary/aromatic N) is 1. The normalized spacial score (nSPS) is 19.6. The minimum Gasteiger partial charge on any atom is -0.352 e. The molecule has 0 spiro atoms. The first-order valence-electron chi connectivity index (χ1n) is 6.94. The second-order valence-electron chi connectivity index (χ2n) is 5.58. The van der Waals surface area contributed by atoms with Crippen LogP contribution in [0.2, 0.25) is 0 Å². The molecule has 0 aromatic heterocycles. The van der Waals surface area contributed by atoms with Gasteiger partial charge >= 0.3 is 0 Å². The van der Waals surface area contributed by atoms with Gasteiger partial charge in [-0.1, -0.05) is 15.9 Å². The average molecular weight is 343 g/mol. The summed E-state index contributed by atoms with van der Waals surface area (Å²) in [7, 11) is 0. The van der Waals surface area contributed by atoms with Crippen LogP contribution in [0.15, 0.2) is 22.7 Å². The Bertz CT molecular complexity index is 493. The minimum atomic E-state index is -0.485. The van der Waals surface area contributed by atoms with Crippen LogP contribution in [0, 0.1) is 11.7 Å². The molecule has 1 heterocycles. The van der Waals surface area contributed by atoms with E-state index in [1.54, 1.807) is 6.07 Å². The lowest BCUT2D eigenvalue weighted by atomic mass is 10.1. The number of likely N-dealkylation sites (tertiary alicyclic amines) is 1. The molecule has 1 N–H and O–H groups in total. The summed E-state index contributed by atoms with van der Waals surface area (Å²) in [4.78, 5) is 14.4. The van der Waals surface area contributed by atoms with Gasteiger partial charge < -0.3 is 10.2 Å². The van der Waals surface area contributed by atoms with Crippen molar-refractivity contribution >= 4 is 21.8 Å². The molecule has 1 atom stereocenters. The van der Waals surface area contributed by atoms with E-state index < -0.39 is 5.82 Å². The lowest BCUT2D eigenvalue weighted by Crippen LogP contribution is -2.33. The number of nitrogens with one attached hydrogen (secondary N) is 1.